The van der Waals surface area contributed by atoms with Crippen LogP contribution in [0.2, 0.25) is 0 Å². The summed E-state index contributed by atoms with van der Waals surface area (Å²) in [4.78, 5) is 42.8. The molecule has 2 heterocycles. The van der Waals surface area contributed by atoms with Gasteiger partial charge in [0.2, 0.25) is 17.7 Å². The predicted octanol–water partition coefficient (Wildman–Crippen LogP) is 4.30. The molecule has 2 atom stereocenters. The summed E-state index contributed by atoms with van der Waals surface area (Å²) in [6.07, 6.45) is 0.212. The van der Waals surface area contributed by atoms with Crippen molar-refractivity contribution in [2.45, 2.75) is 39.8 Å². The first-order valence-electron chi connectivity index (χ1n) is 11.3. The zero-order valence-corrected chi connectivity index (χ0v) is 20.3. The van der Waals surface area contributed by atoms with E-state index >= 15 is 0 Å². The minimum Gasteiger partial charge on any atom is -0.350 e. The Bertz CT molecular complexity index is 1190. The van der Waals surface area contributed by atoms with E-state index in [1.54, 1.807) is 4.90 Å². The minimum atomic E-state index is -0.389. The first-order chi connectivity index (χ1) is 16.3. The second-order valence-corrected chi connectivity index (χ2v) is 9.59. The highest BCUT2D eigenvalue weighted by molar-refractivity contribution is 7.14. The lowest BCUT2D eigenvalue weighted by Crippen LogP contribution is -2.28. The van der Waals surface area contributed by atoms with Crippen LogP contribution >= 0.6 is 11.3 Å². The van der Waals surface area contributed by atoms with Crippen LogP contribution in [0.4, 0.5) is 5.13 Å². The smallest absolute Gasteiger partial charge is 0.231 e. The summed E-state index contributed by atoms with van der Waals surface area (Å²) in [5, 5.41) is 8.15. The van der Waals surface area contributed by atoms with Crippen LogP contribution in [0, 0.1) is 12.8 Å². The van der Waals surface area contributed by atoms with Crippen LogP contribution in [-0.4, -0.2) is 34.2 Å². The van der Waals surface area contributed by atoms with Gasteiger partial charge in [-0.15, -0.1) is 11.3 Å². The second kappa shape index (κ2) is 10.2. The van der Waals surface area contributed by atoms with Crippen LogP contribution < -0.4 is 10.6 Å². The molecule has 0 aliphatic carbocycles. The van der Waals surface area contributed by atoms with E-state index in [-0.39, 0.29) is 36.1 Å². The van der Waals surface area contributed by atoms with Gasteiger partial charge in [-0.2, -0.15) is 0 Å². The molecule has 1 aliphatic rings. The van der Waals surface area contributed by atoms with Gasteiger partial charge < -0.3 is 15.5 Å². The Morgan fingerprint density at radius 1 is 1.15 bits per heavy atom. The van der Waals surface area contributed by atoms with Crippen molar-refractivity contribution >= 4 is 34.2 Å². The second-order valence-electron chi connectivity index (χ2n) is 8.73. The van der Waals surface area contributed by atoms with E-state index in [0.29, 0.717) is 18.2 Å². The molecular weight excluding hydrogens is 448 g/mol. The van der Waals surface area contributed by atoms with Gasteiger partial charge in [0.25, 0.3) is 0 Å². The third-order valence-electron chi connectivity index (χ3n) is 5.94. The van der Waals surface area contributed by atoms with Crippen LogP contribution in [0.5, 0.6) is 0 Å². The van der Waals surface area contributed by atoms with E-state index < -0.39 is 0 Å². The van der Waals surface area contributed by atoms with E-state index in [0.717, 1.165) is 22.4 Å². The minimum absolute atomic E-state index is 0.00543. The Labute approximate surface area is 203 Å². The zero-order valence-electron chi connectivity index (χ0n) is 19.5. The molecule has 1 aliphatic heterocycles. The lowest BCUT2D eigenvalue weighted by atomic mass is 10.1. The Morgan fingerprint density at radius 3 is 2.53 bits per heavy atom. The maximum Gasteiger partial charge on any atom is 0.231 e. The fourth-order valence-corrected chi connectivity index (χ4v) is 4.74. The zero-order chi connectivity index (χ0) is 24.2. The van der Waals surface area contributed by atoms with Gasteiger partial charge in [-0.25, -0.2) is 4.98 Å². The Hall–Kier alpha value is -3.52. The van der Waals surface area contributed by atoms with Crippen molar-refractivity contribution < 1.29 is 14.4 Å². The third kappa shape index (κ3) is 5.69. The molecule has 176 valence electrons. The van der Waals surface area contributed by atoms with Gasteiger partial charge in [-0.3, -0.25) is 14.4 Å². The van der Waals surface area contributed by atoms with Crippen molar-refractivity contribution in [3.05, 3.63) is 70.6 Å². The highest BCUT2D eigenvalue weighted by Gasteiger charge is 2.34. The quantitative estimate of drug-likeness (QED) is 0.532. The number of carbonyl (C=O) groups is 3. The number of benzene rings is 2. The number of carbonyl (C=O) groups excluding carboxylic acids is 3. The first kappa shape index (κ1) is 23.6. The van der Waals surface area contributed by atoms with Crippen molar-refractivity contribution in [1.82, 2.24) is 15.2 Å². The Balaban J connectivity index is 1.34. The molecule has 3 aromatic rings. The normalized spacial score (nSPS) is 16.4. The van der Waals surface area contributed by atoms with Crippen LogP contribution in [0.3, 0.4) is 0 Å². The topological polar surface area (TPSA) is 91.4 Å². The molecule has 1 fully saturated rings. The van der Waals surface area contributed by atoms with Gasteiger partial charge in [-0.05, 0) is 25.0 Å². The van der Waals surface area contributed by atoms with Crippen LogP contribution in [0.15, 0.2) is 53.9 Å². The van der Waals surface area contributed by atoms with E-state index in [1.807, 2.05) is 67.8 Å². The molecule has 2 aromatic carbocycles. The average Bonchev–Trinajstić information content (AvgIpc) is 3.42. The van der Waals surface area contributed by atoms with Gasteiger partial charge in [-0.1, -0.05) is 54.1 Å². The molecule has 8 heteroatoms. The largest absolute Gasteiger partial charge is 0.350 e. The van der Waals surface area contributed by atoms with Crippen molar-refractivity contribution in [3.63, 3.8) is 0 Å². The summed E-state index contributed by atoms with van der Waals surface area (Å²) in [5.74, 6) is -0.646. The summed E-state index contributed by atoms with van der Waals surface area (Å²) < 4.78 is 0. The number of anilines is 1. The predicted molar refractivity (Wildman–Crippen MR) is 133 cm³/mol. The number of hydrogen-bond acceptors (Lipinski definition) is 5. The number of aromatic nitrogens is 1. The van der Waals surface area contributed by atoms with Crippen molar-refractivity contribution in [2.24, 2.45) is 5.92 Å². The Morgan fingerprint density at radius 2 is 1.85 bits per heavy atom. The first-order valence-corrected chi connectivity index (χ1v) is 12.1. The fraction of sp³-hybridized carbons (Fsp3) is 0.308. The third-order valence-corrected chi connectivity index (χ3v) is 6.70. The van der Waals surface area contributed by atoms with Crippen LogP contribution in [-0.2, 0) is 20.9 Å². The molecule has 3 amide bonds. The molecule has 0 unspecified atom stereocenters. The van der Waals surface area contributed by atoms with Gasteiger partial charge in [0.15, 0.2) is 5.13 Å². The summed E-state index contributed by atoms with van der Waals surface area (Å²) in [6.45, 7) is 6.38. The maximum atomic E-state index is 12.8. The number of likely N-dealkylation sites (tertiary alicyclic amines) is 1. The lowest BCUT2D eigenvalue weighted by Gasteiger charge is -2.16. The monoisotopic (exact) mass is 476 g/mol. The molecule has 0 saturated carbocycles. The molecule has 4 rings (SSSR count). The number of aryl methyl sites for hydroxylation is 1. The van der Waals surface area contributed by atoms with Gasteiger partial charge in [0.05, 0.1) is 17.7 Å². The maximum absolute atomic E-state index is 12.8. The number of nitrogens with zero attached hydrogens (tertiary/aromatic N) is 2. The van der Waals surface area contributed by atoms with E-state index in [2.05, 4.69) is 15.6 Å². The lowest BCUT2D eigenvalue weighted by molar-refractivity contribution is -0.128. The van der Waals surface area contributed by atoms with Gasteiger partial charge in [0.1, 0.15) is 0 Å². The SMILES string of the molecule is CC(=O)N[C@@H](C)c1ccc(-c2csc(NC(=O)[C@H]3CC(=O)N(Cc4ccc(C)cc4)C3)n2)cc1. The van der Waals surface area contributed by atoms with Gasteiger partial charge in [0, 0.05) is 37.4 Å². The average molecular weight is 477 g/mol. The molecule has 34 heavy (non-hydrogen) atoms. The fourth-order valence-electron chi connectivity index (χ4n) is 4.02. The highest BCUT2D eigenvalue weighted by atomic mass is 32.1. The van der Waals surface area contributed by atoms with E-state index in [4.69, 9.17) is 0 Å². The molecule has 2 N–H and O–H groups in total. The standard InChI is InChI=1S/C26H28N4O3S/c1-16-4-6-19(7-5-16)13-30-14-22(12-24(30)32)25(33)29-26-28-23(15-34-26)21-10-8-20(9-11-21)17(2)27-18(3)31/h4-11,15,17,22H,12-14H2,1-3H3,(H,27,31)(H,28,29,33)/t17-,22-/m0/s1. The summed E-state index contributed by atoms with van der Waals surface area (Å²) in [5.41, 5.74) is 4.93. The molecule has 1 aromatic heterocycles. The summed E-state index contributed by atoms with van der Waals surface area (Å²) >= 11 is 1.36. The summed E-state index contributed by atoms with van der Waals surface area (Å²) in [6, 6.07) is 15.8. The molecule has 0 spiro atoms. The van der Waals surface area contributed by atoms with Crippen LogP contribution in [0.25, 0.3) is 11.3 Å². The van der Waals surface area contributed by atoms with Crippen molar-refractivity contribution in [1.29, 1.82) is 0 Å². The molecular formula is C26H28N4O3S. The number of hydrogen-bond donors (Lipinski definition) is 2. The molecule has 0 radical (unpaired) electrons. The number of nitrogens with one attached hydrogen (secondary N) is 2. The highest BCUT2D eigenvalue weighted by Crippen LogP contribution is 2.28. The van der Waals surface area contributed by atoms with Crippen molar-refractivity contribution in [3.8, 4) is 11.3 Å². The summed E-state index contributed by atoms with van der Waals surface area (Å²) in [7, 11) is 0. The number of thiazole rings is 1. The molecule has 1 saturated heterocycles. The van der Waals surface area contributed by atoms with Crippen LogP contribution in [0.1, 0.15) is 43.0 Å². The van der Waals surface area contributed by atoms with E-state index in [1.165, 1.54) is 23.8 Å². The molecule has 0 bridgehead atoms. The number of amides is 3. The molecule has 7 nitrogen and oxygen atoms in total. The Kier molecular flexibility index (Phi) is 7.07. The van der Waals surface area contributed by atoms with E-state index in [9.17, 15) is 14.4 Å². The number of rotatable bonds is 7. The van der Waals surface area contributed by atoms with Crippen molar-refractivity contribution in [2.75, 3.05) is 11.9 Å². The van der Waals surface area contributed by atoms with Gasteiger partial charge >= 0.3 is 0 Å².